The van der Waals surface area contributed by atoms with Gasteiger partial charge in [-0.3, -0.25) is 0 Å². The number of aromatic nitrogens is 4. The molecule has 0 aliphatic carbocycles. The van der Waals surface area contributed by atoms with E-state index in [0.29, 0.717) is 6.04 Å². The normalized spacial score (nSPS) is 12.2. The zero-order valence-electron chi connectivity index (χ0n) is 11.1. The molecule has 0 aliphatic heterocycles. The van der Waals surface area contributed by atoms with Crippen LogP contribution >= 0.6 is 11.3 Å². The fourth-order valence-electron chi connectivity index (χ4n) is 2.06. The topological polar surface area (TPSA) is 55.6 Å². The Morgan fingerprint density at radius 2 is 2.10 bits per heavy atom. The fraction of sp³-hybridized carbons (Fsp3) is 0.214. The van der Waals surface area contributed by atoms with Gasteiger partial charge in [-0.2, -0.15) is 0 Å². The molecule has 1 aromatic carbocycles. The van der Waals surface area contributed by atoms with Crippen molar-refractivity contribution < 1.29 is 0 Å². The molecule has 5 nitrogen and oxygen atoms in total. The minimum Gasteiger partial charge on any atom is -0.377 e. The van der Waals surface area contributed by atoms with Gasteiger partial charge in [0.25, 0.3) is 0 Å². The summed E-state index contributed by atoms with van der Waals surface area (Å²) in [6.07, 6.45) is 2.64. The average molecular weight is 285 g/mol. The third kappa shape index (κ3) is 2.70. The van der Waals surface area contributed by atoms with Crippen LogP contribution in [0.25, 0.3) is 5.69 Å². The molecule has 3 rings (SSSR count). The molecule has 102 valence electrons. The highest BCUT2D eigenvalue weighted by Gasteiger charge is 2.09. The van der Waals surface area contributed by atoms with E-state index in [4.69, 9.17) is 0 Å². The van der Waals surface area contributed by atoms with E-state index in [0.717, 1.165) is 17.8 Å². The summed E-state index contributed by atoms with van der Waals surface area (Å²) in [7, 11) is 0. The van der Waals surface area contributed by atoms with Gasteiger partial charge in [0.1, 0.15) is 6.33 Å². The SMILES string of the molecule is CCC(Nc1ccc(-n2cnnn2)cc1)c1cccs1. The maximum Gasteiger partial charge on any atom is 0.143 e. The molecule has 3 aromatic rings. The summed E-state index contributed by atoms with van der Waals surface area (Å²) in [6, 6.07) is 12.7. The van der Waals surface area contributed by atoms with Crippen molar-refractivity contribution in [3.63, 3.8) is 0 Å². The van der Waals surface area contributed by atoms with Crippen LogP contribution in [0.5, 0.6) is 0 Å². The van der Waals surface area contributed by atoms with Crippen molar-refractivity contribution in [3.8, 4) is 5.69 Å². The summed E-state index contributed by atoms with van der Waals surface area (Å²) >= 11 is 1.78. The molecule has 0 amide bonds. The van der Waals surface area contributed by atoms with Crippen LogP contribution in [0.15, 0.2) is 48.1 Å². The van der Waals surface area contributed by atoms with Gasteiger partial charge in [-0.05, 0) is 52.6 Å². The maximum atomic E-state index is 3.87. The smallest absolute Gasteiger partial charge is 0.143 e. The van der Waals surface area contributed by atoms with E-state index >= 15 is 0 Å². The first-order chi connectivity index (χ1) is 9.86. The lowest BCUT2D eigenvalue weighted by Crippen LogP contribution is -2.08. The molecule has 0 saturated carbocycles. The molecule has 20 heavy (non-hydrogen) atoms. The lowest BCUT2D eigenvalue weighted by Gasteiger charge is -2.17. The van der Waals surface area contributed by atoms with E-state index in [2.05, 4.69) is 45.3 Å². The largest absolute Gasteiger partial charge is 0.377 e. The van der Waals surface area contributed by atoms with E-state index in [1.54, 1.807) is 22.3 Å². The molecule has 2 aromatic heterocycles. The molecule has 0 aliphatic rings. The van der Waals surface area contributed by atoms with Gasteiger partial charge in [0.2, 0.25) is 0 Å². The number of hydrogen-bond acceptors (Lipinski definition) is 5. The second-order valence-electron chi connectivity index (χ2n) is 4.42. The van der Waals surface area contributed by atoms with Gasteiger partial charge >= 0.3 is 0 Å². The summed E-state index contributed by atoms with van der Waals surface area (Å²) in [5.41, 5.74) is 2.05. The predicted octanol–water partition coefficient (Wildman–Crippen LogP) is 3.29. The van der Waals surface area contributed by atoms with Crippen molar-refractivity contribution in [1.82, 2.24) is 20.2 Å². The van der Waals surface area contributed by atoms with Crippen LogP contribution in [0.3, 0.4) is 0 Å². The summed E-state index contributed by atoms with van der Waals surface area (Å²) in [4.78, 5) is 1.36. The highest BCUT2D eigenvalue weighted by molar-refractivity contribution is 7.10. The number of tetrazole rings is 1. The van der Waals surface area contributed by atoms with Gasteiger partial charge in [0.05, 0.1) is 11.7 Å². The van der Waals surface area contributed by atoms with Crippen molar-refractivity contribution in [2.45, 2.75) is 19.4 Å². The monoisotopic (exact) mass is 285 g/mol. The van der Waals surface area contributed by atoms with Crippen molar-refractivity contribution in [2.75, 3.05) is 5.32 Å². The standard InChI is InChI=1S/C14H15N5S/c1-2-13(14-4-3-9-20-14)16-11-5-7-12(8-6-11)19-10-15-17-18-19/h3-10,13,16H,2H2,1H3. The lowest BCUT2D eigenvalue weighted by atomic mass is 10.1. The van der Waals surface area contributed by atoms with Crippen LogP contribution in [0.4, 0.5) is 5.69 Å². The zero-order valence-corrected chi connectivity index (χ0v) is 11.9. The summed E-state index contributed by atoms with van der Waals surface area (Å²) < 4.78 is 1.64. The minimum absolute atomic E-state index is 0.355. The number of hydrogen-bond donors (Lipinski definition) is 1. The van der Waals surface area contributed by atoms with Gasteiger partial charge < -0.3 is 5.32 Å². The Kier molecular flexibility index (Phi) is 3.73. The van der Waals surface area contributed by atoms with E-state index in [1.165, 1.54) is 4.88 Å². The summed E-state index contributed by atoms with van der Waals surface area (Å²) in [5, 5.41) is 16.8. The Labute approximate surface area is 121 Å². The molecule has 0 fully saturated rings. The zero-order chi connectivity index (χ0) is 13.8. The highest BCUT2D eigenvalue weighted by Crippen LogP contribution is 2.26. The first-order valence-corrected chi connectivity index (χ1v) is 7.38. The Morgan fingerprint density at radius 1 is 1.25 bits per heavy atom. The van der Waals surface area contributed by atoms with Gasteiger partial charge in [0, 0.05) is 10.6 Å². The lowest BCUT2D eigenvalue weighted by molar-refractivity contribution is 0.763. The molecule has 0 radical (unpaired) electrons. The molecule has 0 saturated heterocycles. The average Bonchev–Trinajstić information content (AvgIpc) is 3.18. The number of nitrogens with zero attached hydrogens (tertiary/aromatic N) is 4. The van der Waals surface area contributed by atoms with Crippen molar-refractivity contribution >= 4 is 17.0 Å². The van der Waals surface area contributed by atoms with Crippen LogP contribution in [0.1, 0.15) is 24.3 Å². The summed E-state index contributed by atoms with van der Waals surface area (Å²) in [6.45, 7) is 2.19. The van der Waals surface area contributed by atoms with E-state index in [1.807, 2.05) is 24.3 Å². The second-order valence-corrected chi connectivity index (χ2v) is 5.40. The van der Waals surface area contributed by atoms with Crippen LogP contribution < -0.4 is 5.32 Å². The fourth-order valence-corrected chi connectivity index (χ4v) is 2.92. The van der Waals surface area contributed by atoms with Crippen LogP contribution in [-0.2, 0) is 0 Å². The van der Waals surface area contributed by atoms with Crippen LogP contribution in [0.2, 0.25) is 0 Å². The van der Waals surface area contributed by atoms with E-state index in [9.17, 15) is 0 Å². The second kappa shape index (κ2) is 5.83. The number of rotatable bonds is 5. The third-order valence-corrected chi connectivity index (χ3v) is 4.10. The molecule has 1 unspecified atom stereocenters. The Bertz CT molecular complexity index is 631. The van der Waals surface area contributed by atoms with E-state index in [-0.39, 0.29) is 0 Å². The molecule has 1 N–H and O–H groups in total. The van der Waals surface area contributed by atoms with Gasteiger partial charge in [-0.25, -0.2) is 4.68 Å². The molecule has 2 heterocycles. The number of benzene rings is 1. The van der Waals surface area contributed by atoms with Gasteiger partial charge in [-0.15, -0.1) is 16.4 Å². The molecular formula is C14H15N5S. The molecule has 0 bridgehead atoms. The Morgan fingerprint density at radius 3 is 2.70 bits per heavy atom. The summed E-state index contributed by atoms with van der Waals surface area (Å²) in [5.74, 6) is 0. The van der Waals surface area contributed by atoms with Crippen LogP contribution in [0, 0.1) is 0 Å². The van der Waals surface area contributed by atoms with Crippen molar-refractivity contribution in [3.05, 3.63) is 53.0 Å². The maximum absolute atomic E-state index is 3.87. The highest BCUT2D eigenvalue weighted by atomic mass is 32.1. The van der Waals surface area contributed by atoms with Gasteiger partial charge in [-0.1, -0.05) is 13.0 Å². The molecule has 6 heteroatoms. The number of anilines is 1. The molecule has 1 atom stereocenters. The first kappa shape index (κ1) is 12.8. The van der Waals surface area contributed by atoms with Gasteiger partial charge in [0.15, 0.2) is 0 Å². The number of nitrogens with one attached hydrogen (secondary N) is 1. The third-order valence-electron chi connectivity index (χ3n) is 3.12. The van der Waals surface area contributed by atoms with Crippen molar-refractivity contribution in [1.29, 1.82) is 0 Å². The Hall–Kier alpha value is -2.21. The quantitative estimate of drug-likeness (QED) is 0.781. The molecular weight excluding hydrogens is 270 g/mol. The van der Waals surface area contributed by atoms with Crippen LogP contribution in [-0.4, -0.2) is 20.2 Å². The minimum atomic E-state index is 0.355. The first-order valence-electron chi connectivity index (χ1n) is 6.50. The van der Waals surface area contributed by atoms with Crippen molar-refractivity contribution in [2.24, 2.45) is 0 Å². The Balaban J connectivity index is 1.75. The number of thiophene rings is 1. The predicted molar refractivity (Wildman–Crippen MR) is 80.1 cm³/mol. The van der Waals surface area contributed by atoms with E-state index < -0.39 is 0 Å². The molecule has 0 spiro atoms.